The zero-order valence-electron chi connectivity index (χ0n) is 11.9. The lowest BCUT2D eigenvalue weighted by Gasteiger charge is -2.14. The van der Waals surface area contributed by atoms with Gasteiger partial charge in [-0.1, -0.05) is 40.0 Å². The predicted octanol–water partition coefficient (Wildman–Crippen LogP) is 4.08. The molecule has 1 N–H and O–H groups in total. The molecule has 1 aliphatic carbocycles. The summed E-state index contributed by atoms with van der Waals surface area (Å²) < 4.78 is 0. The second-order valence-electron chi connectivity index (χ2n) is 6.39. The molecule has 4 atom stereocenters. The van der Waals surface area contributed by atoms with E-state index in [4.69, 9.17) is 0 Å². The van der Waals surface area contributed by atoms with Crippen LogP contribution in [0.1, 0.15) is 59.8 Å². The molecule has 1 heteroatoms. The fourth-order valence-corrected chi connectivity index (χ4v) is 2.87. The van der Waals surface area contributed by atoms with Crippen LogP contribution in [0.15, 0.2) is 0 Å². The van der Waals surface area contributed by atoms with Crippen molar-refractivity contribution >= 4 is 0 Å². The molecule has 0 bridgehead atoms. The molecular weight excluding hydrogens is 194 g/mol. The standard InChI is InChI=1S/C15H31N/c1-11(2)7-6-8-12(3)15-10-14(15)9-13(4)16-5/h11-16H,6-10H2,1-5H3. The van der Waals surface area contributed by atoms with E-state index in [1.807, 2.05) is 0 Å². The Kier molecular flexibility index (Phi) is 5.82. The third kappa shape index (κ3) is 4.86. The van der Waals surface area contributed by atoms with Gasteiger partial charge in [0.2, 0.25) is 0 Å². The lowest BCUT2D eigenvalue weighted by molar-refractivity contribution is 0.388. The molecule has 4 unspecified atom stereocenters. The highest BCUT2D eigenvalue weighted by atomic mass is 14.9. The first kappa shape index (κ1) is 14.0. The summed E-state index contributed by atoms with van der Waals surface area (Å²) in [5.41, 5.74) is 0. The van der Waals surface area contributed by atoms with E-state index in [1.54, 1.807) is 0 Å². The SMILES string of the molecule is CNC(C)CC1CC1C(C)CCCC(C)C. The van der Waals surface area contributed by atoms with Crippen molar-refractivity contribution < 1.29 is 0 Å². The first-order valence-electron chi connectivity index (χ1n) is 7.21. The average Bonchev–Trinajstić information content (AvgIpc) is 2.96. The maximum atomic E-state index is 3.35. The van der Waals surface area contributed by atoms with Crippen LogP contribution in [0.5, 0.6) is 0 Å². The topological polar surface area (TPSA) is 12.0 Å². The van der Waals surface area contributed by atoms with Gasteiger partial charge in [-0.2, -0.15) is 0 Å². The maximum Gasteiger partial charge on any atom is 0.00384 e. The van der Waals surface area contributed by atoms with E-state index in [1.165, 1.54) is 32.1 Å². The largest absolute Gasteiger partial charge is 0.317 e. The van der Waals surface area contributed by atoms with Crippen LogP contribution in [0.25, 0.3) is 0 Å². The highest BCUT2D eigenvalue weighted by Crippen LogP contribution is 2.48. The van der Waals surface area contributed by atoms with Gasteiger partial charge >= 0.3 is 0 Å². The smallest absolute Gasteiger partial charge is 0.00384 e. The van der Waals surface area contributed by atoms with Crippen LogP contribution in [0.3, 0.4) is 0 Å². The molecule has 0 aromatic carbocycles. The molecule has 0 heterocycles. The quantitative estimate of drug-likeness (QED) is 0.656. The number of hydrogen-bond donors (Lipinski definition) is 1. The van der Waals surface area contributed by atoms with Gasteiger partial charge in [0, 0.05) is 6.04 Å². The molecule has 1 nitrogen and oxygen atoms in total. The summed E-state index contributed by atoms with van der Waals surface area (Å²) >= 11 is 0. The highest BCUT2D eigenvalue weighted by Gasteiger charge is 2.40. The van der Waals surface area contributed by atoms with Crippen molar-refractivity contribution in [3.63, 3.8) is 0 Å². The Balaban J connectivity index is 2.08. The molecule has 0 aromatic rings. The molecule has 16 heavy (non-hydrogen) atoms. The molecule has 0 amide bonds. The Hall–Kier alpha value is -0.0400. The van der Waals surface area contributed by atoms with Crippen molar-refractivity contribution in [2.75, 3.05) is 7.05 Å². The number of nitrogens with one attached hydrogen (secondary N) is 1. The Morgan fingerprint density at radius 3 is 2.38 bits per heavy atom. The molecule has 96 valence electrons. The number of rotatable bonds is 8. The lowest BCUT2D eigenvalue weighted by Crippen LogP contribution is -2.22. The number of hydrogen-bond acceptors (Lipinski definition) is 1. The average molecular weight is 225 g/mol. The van der Waals surface area contributed by atoms with E-state index < -0.39 is 0 Å². The van der Waals surface area contributed by atoms with Crippen LogP contribution in [0, 0.1) is 23.7 Å². The minimum Gasteiger partial charge on any atom is -0.317 e. The first-order chi connectivity index (χ1) is 7.54. The van der Waals surface area contributed by atoms with Crippen molar-refractivity contribution in [3.8, 4) is 0 Å². The first-order valence-corrected chi connectivity index (χ1v) is 7.21. The Morgan fingerprint density at radius 2 is 1.81 bits per heavy atom. The second-order valence-corrected chi connectivity index (χ2v) is 6.39. The van der Waals surface area contributed by atoms with Gasteiger partial charge in [0.15, 0.2) is 0 Å². The van der Waals surface area contributed by atoms with Crippen LogP contribution in [0.2, 0.25) is 0 Å². The van der Waals surface area contributed by atoms with Gasteiger partial charge in [-0.25, -0.2) is 0 Å². The Bertz CT molecular complexity index is 188. The van der Waals surface area contributed by atoms with Crippen molar-refractivity contribution in [2.45, 2.75) is 65.8 Å². The van der Waals surface area contributed by atoms with Crippen molar-refractivity contribution in [1.29, 1.82) is 0 Å². The molecule has 0 spiro atoms. The van der Waals surface area contributed by atoms with Crippen LogP contribution < -0.4 is 5.32 Å². The van der Waals surface area contributed by atoms with E-state index in [9.17, 15) is 0 Å². The highest BCUT2D eigenvalue weighted by molar-refractivity contribution is 4.91. The van der Waals surface area contributed by atoms with Crippen molar-refractivity contribution in [2.24, 2.45) is 23.7 Å². The molecule has 0 aliphatic heterocycles. The van der Waals surface area contributed by atoms with Gasteiger partial charge < -0.3 is 5.32 Å². The summed E-state index contributed by atoms with van der Waals surface area (Å²) in [6.45, 7) is 9.44. The normalized spacial score (nSPS) is 28.1. The fraction of sp³-hybridized carbons (Fsp3) is 1.00. The molecule has 0 radical (unpaired) electrons. The minimum absolute atomic E-state index is 0.706. The molecule has 1 fully saturated rings. The van der Waals surface area contributed by atoms with Gasteiger partial charge in [0.25, 0.3) is 0 Å². The minimum atomic E-state index is 0.706. The zero-order chi connectivity index (χ0) is 12.1. The second kappa shape index (κ2) is 6.64. The third-order valence-electron chi connectivity index (χ3n) is 4.30. The monoisotopic (exact) mass is 225 g/mol. The molecule has 1 saturated carbocycles. The van der Waals surface area contributed by atoms with Gasteiger partial charge in [-0.05, 0) is 50.5 Å². The molecule has 0 saturated heterocycles. The van der Waals surface area contributed by atoms with Gasteiger partial charge in [-0.15, -0.1) is 0 Å². The Labute approximate surface area is 102 Å². The molecule has 0 aromatic heterocycles. The van der Waals surface area contributed by atoms with Gasteiger partial charge in [-0.3, -0.25) is 0 Å². The van der Waals surface area contributed by atoms with Crippen LogP contribution in [0.4, 0.5) is 0 Å². The van der Waals surface area contributed by atoms with Crippen LogP contribution >= 0.6 is 0 Å². The summed E-state index contributed by atoms with van der Waals surface area (Å²) in [7, 11) is 2.08. The van der Waals surface area contributed by atoms with Crippen molar-refractivity contribution in [1.82, 2.24) is 5.32 Å². The maximum absolute atomic E-state index is 3.35. The predicted molar refractivity (Wildman–Crippen MR) is 72.6 cm³/mol. The summed E-state index contributed by atoms with van der Waals surface area (Å²) in [5, 5.41) is 3.35. The van der Waals surface area contributed by atoms with Gasteiger partial charge in [0.05, 0.1) is 0 Å². The van der Waals surface area contributed by atoms with E-state index in [2.05, 4.69) is 40.1 Å². The third-order valence-corrected chi connectivity index (χ3v) is 4.30. The molecule has 1 rings (SSSR count). The van der Waals surface area contributed by atoms with E-state index in [0.29, 0.717) is 6.04 Å². The zero-order valence-corrected chi connectivity index (χ0v) is 11.9. The summed E-state index contributed by atoms with van der Waals surface area (Å²) in [5.74, 6) is 3.92. The molecular formula is C15H31N. The van der Waals surface area contributed by atoms with Crippen molar-refractivity contribution in [3.05, 3.63) is 0 Å². The lowest BCUT2D eigenvalue weighted by atomic mass is 9.94. The van der Waals surface area contributed by atoms with E-state index in [0.717, 1.165) is 23.7 Å². The van der Waals surface area contributed by atoms with Crippen LogP contribution in [-0.4, -0.2) is 13.1 Å². The summed E-state index contributed by atoms with van der Waals surface area (Å²) in [6, 6.07) is 0.706. The summed E-state index contributed by atoms with van der Waals surface area (Å²) in [6.07, 6.45) is 7.18. The van der Waals surface area contributed by atoms with E-state index in [-0.39, 0.29) is 0 Å². The fourth-order valence-electron chi connectivity index (χ4n) is 2.87. The van der Waals surface area contributed by atoms with Crippen LogP contribution in [-0.2, 0) is 0 Å². The van der Waals surface area contributed by atoms with E-state index >= 15 is 0 Å². The Morgan fingerprint density at radius 1 is 1.12 bits per heavy atom. The summed E-state index contributed by atoms with van der Waals surface area (Å²) in [4.78, 5) is 0. The van der Waals surface area contributed by atoms with Gasteiger partial charge in [0.1, 0.15) is 0 Å². The molecule has 1 aliphatic rings.